The van der Waals surface area contributed by atoms with Crippen molar-refractivity contribution < 1.29 is 4.79 Å². The summed E-state index contributed by atoms with van der Waals surface area (Å²) in [4.78, 5) is 14.9. The summed E-state index contributed by atoms with van der Waals surface area (Å²) < 4.78 is 0. The van der Waals surface area contributed by atoms with Gasteiger partial charge in [0, 0.05) is 0 Å². The summed E-state index contributed by atoms with van der Waals surface area (Å²) in [6, 6.07) is 28.0. The van der Waals surface area contributed by atoms with Crippen LogP contribution in [0.4, 0.5) is 0 Å². The zero-order valence-electron chi connectivity index (χ0n) is 24.8. The predicted molar refractivity (Wildman–Crippen MR) is 169 cm³/mol. The molecule has 1 saturated carbocycles. The lowest BCUT2D eigenvalue weighted by Crippen LogP contribution is -2.39. The Labute approximate surface area is 235 Å². The molecule has 1 fully saturated rings. The van der Waals surface area contributed by atoms with Crippen LogP contribution in [0.25, 0.3) is 0 Å². The Kier molecular flexibility index (Phi) is 10.5. The second-order valence-electron chi connectivity index (χ2n) is 11.5. The molecule has 1 aliphatic rings. The Morgan fingerprint density at radius 1 is 0.579 bits per heavy atom. The van der Waals surface area contributed by atoms with E-state index >= 15 is 0 Å². The second-order valence-corrected chi connectivity index (χ2v) is 21.4. The topological polar surface area (TPSA) is 17.1 Å². The van der Waals surface area contributed by atoms with Crippen LogP contribution in [-0.4, -0.2) is 21.9 Å². The van der Waals surface area contributed by atoms with E-state index in [4.69, 9.17) is 0 Å². The minimum absolute atomic E-state index is 0.287. The van der Waals surface area contributed by atoms with E-state index in [9.17, 15) is 4.79 Å². The molecule has 0 N–H and O–H groups in total. The molecule has 1 aliphatic carbocycles. The highest BCUT2D eigenvalue weighted by molar-refractivity contribution is 6.87. The van der Waals surface area contributed by atoms with Crippen molar-refractivity contribution >= 4 is 21.9 Å². The monoisotopic (exact) mass is 540 g/mol. The molecule has 38 heavy (non-hydrogen) atoms. The molecule has 0 radical (unpaired) electrons. The molecule has 0 aromatic heterocycles. The third-order valence-corrected chi connectivity index (χ3v) is 19.2. The maximum atomic E-state index is 14.9. The Hall–Kier alpha value is -2.34. The molecule has 202 valence electrons. The number of Topliss-reactive ketones (excluding diaryl/α,β-unsaturated/α-hetero) is 1. The lowest BCUT2D eigenvalue weighted by Gasteiger charge is -2.29. The van der Waals surface area contributed by atoms with Crippen LogP contribution in [0.5, 0.6) is 0 Å². The van der Waals surface area contributed by atoms with E-state index in [0.29, 0.717) is 12.8 Å². The number of rotatable bonds is 10. The van der Waals surface area contributed by atoms with Gasteiger partial charge in [-0.15, -0.1) is 11.1 Å². The highest BCUT2D eigenvalue weighted by Crippen LogP contribution is 2.50. The third-order valence-electron chi connectivity index (χ3n) is 9.74. The fourth-order valence-electron chi connectivity index (χ4n) is 6.20. The number of ketones is 1. The van der Waals surface area contributed by atoms with Crippen LogP contribution in [0.2, 0.25) is 36.3 Å². The van der Waals surface area contributed by atoms with E-state index in [1.165, 1.54) is 11.1 Å². The Bertz CT molecular complexity index is 1060. The summed E-state index contributed by atoms with van der Waals surface area (Å²) in [5.74, 6) is 7.83. The quantitative estimate of drug-likeness (QED) is 0.217. The smallest absolute Gasteiger partial charge is 0.169 e. The molecule has 3 heteroatoms. The normalized spacial score (nSPS) is 21.4. The van der Waals surface area contributed by atoms with Gasteiger partial charge in [0.25, 0.3) is 0 Å². The van der Waals surface area contributed by atoms with Crippen LogP contribution in [0.3, 0.4) is 0 Å². The van der Waals surface area contributed by atoms with Gasteiger partial charge in [-0.3, -0.25) is 4.79 Å². The Morgan fingerprint density at radius 3 is 1.18 bits per heavy atom. The molecule has 0 unspecified atom stereocenters. The first-order valence-electron chi connectivity index (χ1n) is 15.0. The van der Waals surface area contributed by atoms with Crippen molar-refractivity contribution in [2.24, 2.45) is 10.8 Å². The highest BCUT2D eigenvalue weighted by atomic mass is 28.3. The predicted octanol–water partition coefficient (Wildman–Crippen LogP) is 8.91. The van der Waals surface area contributed by atoms with Crippen molar-refractivity contribution in [1.82, 2.24) is 0 Å². The molecule has 2 atom stereocenters. The van der Waals surface area contributed by atoms with Crippen molar-refractivity contribution in [3.63, 3.8) is 0 Å². The van der Waals surface area contributed by atoms with Crippen LogP contribution < -0.4 is 0 Å². The SMILES string of the molecule is CC[Si](C#C[C@]1(Cc2ccccc2)CC[C@](C#C[Si](CC)(CC)CC)(Cc2ccccc2)C1=O)(CC)CC. The minimum Gasteiger partial charge on any atom is -0.296 e. The van der Waals surface area contributed by atoms with Gasteiger partial charge in [-0.05, 0) is 73.1 Å². The van der Waals surface area contributed by atoms with Crippen molar-refractivity contribution in [1.29, 1.82) is 0 Å². The molecule has 2 aromatic rings. The number of carbonyl (C=O) groups is 1. The first-order chi connectivity index (χ1) is 18.3. The maximum absolute atomic E-state index is 14.9. The molecule has 0 bridgehead atoms. The van der Waals surface area contributed by atoms with E-state index < -0.39 is 27.0 Å². The number of hydrogen-bond donors (Lipinski definition) is 0. The Morgan fingerprint density at radius 2 is 0.895 bits per heavy atom. The molecule has 1 nitrogen and oxygen atoms in total. The molecular weight excluding hydrogens is 493 g/mol. The number of benzene rings is 2. The number of hydrogen-bond acceptors (Lipinski definition) is 1. The van der Waals surface area contributed by atoms with Gasteiger partial charge >= 0.3 is 0 Å². The minimum atomic E-state index is -1.71. The molecule has 0 spiro atoms. The van der Waals surface area contributed by atoms with Crippen molar-refractivity contribution in [2.45, 2.75) is 103 Å². The first-order valence-corrected chi connectivity index (χ1v) is 20.3. The molecule has 3 rings (SSSR count). The summed E-state index contributed by atoms with van der Waals surface area (Å²) in [5, 5.41) is 0. The van der Waals surface area contributed by atoms with Crippen LogP contribution in [0.15, 0.2) is 60.7 Å². The zero-order chi connectivity index (χ0) is 27.7. The van der Waals surface area contributed by atoms with Crippen LogP contribution in [0.1, 0.15) is 65.5 Å². The third kappa shape index (κ3) is 6.44. The second kappa shape index (κ2) is 13.1. The molecule has 0 heterocycles. The standard InChI is InChI=1S/C35H48OSi2/c1-7-37(8-2,9-3)27-25-34(29-31-19-15-13-16-20-31)23-24-35(33(34)36,30-32-21-17-14-18-22-32)26-28-38(10-4,11-5)12-6/h13-22H,7-12,23-24,29-30H2,1-6H3/t34-,35-/m0/s1. The molecular formula is C35H48OSi2. The lowest BCUT2D eigenvalue weighted by molar-refractivity contribution is -0.129. The van der Waals surface area contributed by atoms with Gasteiger partial charge in [0.15, 0.2) is 5.78 Å². The Balaban J connectivity index is 2.19. The van der Waals surface area contributed by atoms with E-state index in [2.05, 4.69) is 125 Å². The molecule has 2 aromatic carbocycles. The van der Waals surface area contributed by atoms with Crippen LogP contribution in [0, 0.1) is 33.8 Å². The van der Waals surface area contributed by atoms with E-state index in [1.807, 2.05) is 0 Å². The summed E-state index contributed by atoms with van der Waals surface area (Å²) in [6.45, 7) is 13.8. The average molecular weight is 541 g/mol. The number of carbonyl (C=O) groups excluding carboxylic acids is 1. The van der Waals surface area contributed by atoms with Gasteiger partial charge in [0.2, 0.25) is 0 Å². The van der Waals surface area contributed by atoms with Gasteiger partial charge in [0.05, 0.1) is 10.8 Å². The van der Waals surface area contributed by atoms with Gasteiger partial charge in [-0.25, -0.2) is 0 Å². The zero-order valence-corrected chi connectivity index (χ0v) is 26.8. The van der Waals surface area contributed by atoms with Crippen LogP contribution in [-0.2, 0) is 17.6 Å². The van der Waals surface area contributed by atoms with Crippen molar-refractivity contribution in [2.75, 3.05) is 0 Å². The highest BCUT2D eigenvalue weighted by Gasteiger charge is 2.55. The maximum Gasteiger partial charge on any atom is 0.169 e. The molecule has 0 saturated heterocycles. The largest absolute Gasteiger partial charge is 0.296 e. The van der Waals surface area contributed by atoms with E-state index in [-0.39, 0.29) is 5.78 Å². The average Bonchev–Trinajstić information content (AvgIpc) is 3.23. The summed E-state index contributed by atoms with van der Waals surface area (Å²) >= 11 is 0. The van der Waals surface area contributed by atoms with Gasteiger partial charge in [0.1, 0.15) is 16.1 Å². The summed E-state index contributed by atoms with van der Waals surface area (Å²) in [6.07, 6.45) is 2.99. The van der Waals surface area contributed by atoms with E-state index in [1.54, 1.807) is 0 Å². The lowest BCUT2D eigenvalue weighted by atomic mass is 9.73. The van der Waals surface area contributed by atoms with Crippen molar-refractivity contribution in [3.05, 3.63) is 71.8 Å². The fraction of sp³-hybridized carbons (Fsp3) is 0.514. The van der Waals surface area contributed by atoms with Crippen molar-refractivity contribution in [3.8, 4) is 22.9 Å². The van der Waals surface area contributed by atoms with Gasteiger partial charge in [-0.2, -0.15) is 0 Å². The van der Waals surface area contributed by atoms with Gasteiger partial charge in [-0.1, -0.05) is 114 Å². The van der Waals surface area contributed by atoms with Crippen LogP contribution >= 0.6 is 0 Å². The molecule has 0 amide bonds. The molecule has 0 aliphatic heterocycles. The fourth-order valence-corrected chi connectivity index (χ4v) is 11.3. The summed E-state index contributed by atoms with van der Waals surface area (Å²) in [7, 11) is -3.42. The van der Waals surface area contributed by atoms with Gasteiger partial charge < -0.3 is 0 Å². The first kappa shape index (κ1) is 30.2. The van der Waals surface area contributed by atoms with E-state index in [0.717, 1.165) is 49.1 Å². The summed E-state index contributed by atoms with van der Waals surface area (Å²) in [5.41, 5.74) is 8.80.